The second kappa shape index (κ2) is 7.59. The molecule has 0 aliphatic rings. The van der Waals surface area contributed by atoms with E-state index in [1.165, 1.54) is 23.9 Å². The second-order valence-corrected chi connectivity index (χ2v) is 7.40. The van der Waals surface area contributed by atoms with E-state index in [9.17, 15) is 14.0 Å². The summed E-state index contributed by atoms with van der Waals surface area (Å²) in [7, 11) is 0. The van der Waals surface area contributed by atoms with Crippen molar-refractivity contribution in [3.8, 4) is 11.3 Å². The number of fused-ring (bicyclic) bond motifs is 1. The summed E-state index contributed by atoms with van der Waals surface area (Å²) < 4.78 is 14.7. The highest BCUT2D eigenvalue weighted by molar-refractivity contribution is 5.93. The van der Waals surface area contributed by atoms with E-state index in [2.05, 4.69) is 15.3 Å². The number of hydrogen-bond acceptors (Lipinski definition) is 3. The topological polar surface area (TPSA) is 79.3 Å². The Morgan fingerprint density at radius 1 is 1.10 bits per heavy atom. The molecule has 4 aromatic rings. The van der Waals surface area contributed by atoms with Gasteiger partial charge in [0.25, 0.3) is 11.5 Å². The Kier molecular flexibility index (Phi) is 4.95. The fourth-order valence-corrected chi connectivity index (χ4v) is 3.28. The molecule has 2 aromatic heterocycles. The predicted molar refractivity (Wildman–Crippen MR) is 113 cm³/mol. The number of aryl methyl sites for hydroxylation is 2. The summed E-state index contributed by atoms with van der Waals surface area (Å²) in [6.07, 6.45) is 3.27. The lowest BCUT2D eigenvalue weighted by atomic mass is 10.0. The van der Waals surface area contributed by atoms with E-state index in [1.807, 2.05) is 32.0 Å². The predicted octanol–water partition coefficient (Wildman–Crippen LogP) is 3.94. The third kappa shape index (κ3) is 3.74. The first kappa shape index (κ1) is 19.6. The molecule has 1 amide bonds. The molecule has 4 rings (SSSR count). The number of aromatic amines is 1. The van der Waals surface area contributed by atoms with Crippen LogP contribution in [0.4, 0.5) is 4.39 Å². The molecule has 0 saturated heterocycles. The summed E-state index contributed by atoms with van der Waals surface area (Å²) in [5.74, 6) is -0.751. The van der Waals surface area contributed by atoms with Gasteiger partial charge in [-0.3, -0.25) is 14.0 Å². The van der Waals surface area contributed by atoms with Gasteiger partial charge in [0.15, 0.2) is 0 Å². The molecule has 0 saturated carbocycles. The molecule has 30 heavy (non-hydrogen) atoms. The largest absolute Gasteiger partial charge is 0.344 e. The maximum absolute atomic E-state index is 13.1. The normalized spacial score (nSPS) is 12.1. The van der Waals surface area contributed by atoms with Crippen molar-refractivity contribution in [2.45, 2.75) is 26.8 Å². The third-order valence-electron chi connectivity index (χ3n) is 5.22. The maximum atomic E-state index is 13.1. The van der Waals surface area contributed by atoms with Gasteiger partial charge in [0.1, 0.15) is 11.5 Å². The van der Waals surface area contributed by atoms with Crippen molar-refractivity contribution in [1.82, 2.24) is 19.7 Å². The minimum Gasteiger partial charge on any atom is -0.344 e. The average molecular weight is 404 g/mol. The number of rotatable bonds is 4. The van der Waals surface area contributed by atoms with Crippen LogP contribution in [0.25, 0.3) is 16.9 Å². The van der Waals surface area contributed by atoms with Gasteiger partial charge in [-0.2, -0.15) is 0 Å². The molecule has 0 radical (unpaired) electrons. The molecule has 7 heteroatoms. The van der Waals surface area contributed by atoms with Crippen molar-refractivity contribution in [2.24, 2.45) is 0 Å². The number of benzene rings is 2. The smallest absolute Gasteiger partial charge is 0.292 e. The van der Waals surface area contributed by atoms with Gasteiger partial charge in [0, 0.05) is 12.4 Å². The van der Waals surface area contributed by atoms with E-state index in [-0.39, 0.29) is 28.8 Å². The number of carbonyl (C=O) groups excluding carboxylic acids is 1. The number of nitrogens with one attached hydrogen (secondary N) is 2. The summed E-state index contributed by atoms with van der Waals surface area (Å²) in [6.45, 7) is 5.84. The van der Waals surface area contributed by atoms with Crippen molar-refractivity contribution in [2.75, 3.05) is 0 Å². The summed E-state index contributed by atoms with van der Waals surface area (Å²) in [5.41, 5.74) is 4.46. The number of H-pyrrole nitrogens is 1. The third-order valence-corrected chi connectivity index (χ3v) is 5.22. The van der Waals surface area contributed by atoms with Crippen molar-refractivity contribution >= 4 is 11.6 Å². The van der Waals surface area contributed by atoms with Crippen molar-refractivity contribution in [1.29, 1.82) is 0 Å². The van der Waals surface area contributed by atoms with Crippen molar-refractivity contribution < 1.29 is 9.18 Å². The number of aromatic nitrogens is 3. The molecule has 152 valence electrons. The Morgan fingerprint density at radius 3 is 2.53 bits per heavy atom. The quantitative estimate of drug-likeness (QED) is 0.541. The Hall–Kier alpha value is -3.74. The van der Waals surface area contributed by atoms with E-state index >= 15 is 0 Å². The van der Waals surface area contributed by atoms with Crippen LogP contribution in [0.5, 0.6) is 0 Å². The zero-order valence-corrected chi connectivity index (χ0v) is 16.9. The number of halogens is 1. The van der Waals surface area contributed by atoms with Crippen LogP contribution >= 0.6 is 0 Å². The lowest BCUT2D eigenvalue weighted by Crippen LogP contribution is -2.27. The Bertz CT molecular complexity index is 1310. The number of amides is 1. The standard InChI is InChI=1S/C23H21FN4O2/c1-13-4-5-17(10-14(13)2)19-11-28-12-20(26-21(28)23(30)27-19)22(29)25-15(3)16-6-8-18(24)9-7-16/h4-12,15H,1-3H3,(H,25,29)(H,27,30)/t15-/m1/s1. The lowest BCUT2D eigenvalue weighted by molar-refractivity contribution is 0.0935. The molecule has 0 bridgehead atoms. The molecule has 6 nitrogen and oxygen atoms in total. The number of hydrogen-bond donors (Lipinski definition) is 2. The molecule has 0 fully saturated rings. The Labute approximate surface area is 172 Å². The first-order valence-corrected chi connectivity index (χ1v) is 9.58. The van der Waals surface area contributed by atoms with Crippen molar-refractivity contribution in [3.05, 3.63) is 93.4 Å². The highest BCUT2D eigenvalue weighted by Crippen LogP contribution is 2.20. The number of imidazole rings is 1. The van der Waals surface area contributed by atoms with Crippen LogP contribution in [0.2, 0.25) is 0 Å². The van der Waals surface area contributed by atoms with Gasteiger partial charge in [-0.15, -0.1) is 0 Å². The molecule has 0 spiro atoms. The van der Waals surface area contributed by atoms with E-state index in [0.29, 0.717) is 5.69 Å². The second-order valence-electron chi connectivity index (χ2n) is 7.40. The molecule has 2 N–H and O–H groups in total. The first-order chi connectivity index (χ1) is 14.3. The van der Waals surface area contributed by atoms with Gasteiger partial charge >= 0.3 is 0 Å². The van der Waals surface area contributed by atoms with Gasteiger partial charge in [-0.05, 0) is 61.2 Å². The van der Waals surface area contributed by atoms with Crippen LogP contribution in [0.3, 0.4) is 0 Å². The monoisotopic (exact) mass is 404 g/mol. The van der Waals surface area contributed by atoms with Crippen LogP contribution in [-0.2, 0) is 0 Å². The number of carbonyl (C=O) groups is 1. The average Bonchev–Trinajstić information content (AvgIpc) is 3.15. The SMILES string of the molecule is Cc1ccc(-c2cn3cc(C(=O)N[C@H](C)c4ccc(F)cc4)nc3c(=O)[nH]2)cc1C. The highest BCUT2D eigenvalue weighted by Gasteiger charge is 2.17. The van der Waals surface area contributed by atoms with Gasteiger partial charge in [0.05, 0.1) is 11.7 Å². The van der Waals surface area contributed by atoms with Gasteiger partial charge in [-0.25, -0.2) is 9.37 Å². The van der Waals surface area contributed by atoms with E-state index in [1.54, 1.807) is 29.7 Å². The molecule has 0 aliphatic heterocycles. The van der Waals surface area contributed by atoms with Crippen LogP contribution in [0.15, 0.2) is 59.7 Å². The molecular weight excluding hydrogens is 383 g/mol. The van der Waals surface area contributed by atoms with E-state index in [4.69, 9.17) is 0 Å². The van der Waals surface area contributed by atoms with Gasteiger partial charge < -0.3 is 10.3 Å². The van der Waals surface area contributed by atoms with E-state index in [0.717, 1.165) is 16.7 Å². The summed E-state index contributed by atoms with van der Waals surface area (Å²) in [4.78, 5) is 32.2. The zero-order chi connectivity index (χ0) is 21.4. The molecule has 2 heterocycles. The molecule has 2 aromatic carbocycles. The number of nitrogens with zero attached hydrogens (tertiary/aromatic N) is 2. The molecule has 0 aliphatic carbocycles. The Morgan fingerprint density at radius 2 is 1.83 bits per heavy atom. The van der Waals surface area contributed by atoms with Crippen LogP contribution in [-0.4, -0.2) is 20.3 Å². The van der Waals surface area contributed by atoms with E-state index < -0.39 is 5.91 Å². The summed E-state index contributed by atoms with van der Waals surface area (Å²) in [6, 6.07) is 11.5. The first-order valence-electron chi connectivity index (χ1n) is 9.58. The van der Waals surface area contributed by atoms with Gasteiger partial charge in [-0.1, -0.05) is 24.3 Å². The minimum absolute atomic E-state index is 0.131. The maximum Gasteiger partial charge on any atom is 0.292 e. The zero-order valence-electron chi connectivity index (χ0n) is 16.9. The fraction of sp³-hybridized carbons (Fsp3) is 0.174. The molecule has 0 unspecified atom stereocenters. The lowest BCUT2D eigenvalue weighted by Gasteiger charge is -2.13. The summed E-state index contributed by atoms with van der Waals surface area (Å²) in [5, 5.41) is 2.82. The highest BCUT2D eigenvalue weighted by atomic mass is 19.1. The Balaban J connectivity index is 1.63. The minimum atomic E-state index is -0.414. The van der Waals surface area contributed by atoms with Crippen LogP contribution in [0.1, 0.15) is 40.1 Å². The molecule has 1 atom stereocenters. The van der Waals surface area contributed by atoms with Crippen molar-refractivity contribution in [3.63, 3.8) is 0 Å². The fourth-order valence-electron chi connectivity index (χ4n) is 3.28. The van der Waals surface area contributed by atoms with Crippen LogP contribution < -0.4 is 10.9 Å². The summed E-state index contributed by atoms with van der Waals surface area (Å²) >= 11 is 0. The van der Waals surface area contributed by atoms with Gasteiger partial charge in [0.2, 0.25) is 5.65 Å². The van der Waals surface area contributed by atoms with Crippen LogP contribution in [0, 0.1) is 19.7 Å². The molecular formula is C23H21FN4O2.